The van der Waals surface area contributed by atoms with E-state index in [9.17, 15) is 9.59 Å². The lowest BCUT2D eigenvalue weighted by atomic mass is 10.00. The number of nitrogens with zero attached hydrogens (tertiary/aromatic N) is 5. The molecule has 1 unspecified atom stereocenters. The van der Waals surface area contributed by atoms with Gasteiger partial charge in [-0.3, -0.25) is 14.3 Å². The summed E-state index contributed by atoms with van der Waals surface area (Å²) in [6, 6.07) is 4.14. The smallest absolute Gasteiger partial charge is 0.259 e. The minimum Gasteiger partial charge on any atom is -0.381 e. The van der Waals surface area contributed by atoms with Gasteiger partial charge in [0.2, 0.25) is 0 Å². The first-order valence-electron chi connectivity index (χ1n) is 15.8. The van der Waals surface area contributed by atoms with Crippen molar-refractivity contribution in [2.24, 2.45) is 5.92 Å². The van der Waals surface area contributed by atoms with Crippen molar-refractivity contribution >= 4 is 27.7 Å². The molecule has 1 N–H and O–H groups in total. The Kier molecular flexibility index (Phi) is 9.78. The lowest BCUT2D eigenvalue weighted by Gasteiger charge is -2.26. The first-order valence-corrected chi connectivity index (χ1v) is 15.8. The Morgan fingerprint density at radius 3 is 2.59 bits per heavy atom. The van der Waals surface area contributed by atoms with Gasteiger partial charge >= 0.3 is 0 Å². The molecular formula is C32H48N6O3. The molecule has 6 rings (SSSR count). The van der Waals surface area contributed by atoms with Gasteiger partial charge in [-0.05, 0) is 95.7 Å². The number of rotatable bonds is 4. The molecular weight excluding hydrogens is 516 g/mol. The van der Waals surface area contributed by atoms with E-state index in [2.05, 4.69) is 26.9 Å². The number of carbonyl (C=O) groups is 1. The molecule has 9 heteroatoms. The highest BCUT2D eigenvalue weighted by molar-refractivity contribution is 6.07. The van der Waals surface area contributed by atoms with Gasteiger partial charge in [0, 0.05) is 50.3 Å². The zero-order valence-electron chi connectivity index (χ0n) is 25.5. The average molecular weight is 565 g/mol. The summed E-state index contributed by atoms with van der Waals surface area (Å²) in [5, 5.41) is 6.09. The van der Waals surface area contributed by atoms with E-state index in [-0.39, 0.29) is 17.5 Å². The van der Waals surface area contributed by atoms with Crippen LogP contribution in [0.3, 0.4) is 0 Å². The molecule has 1 atom stereocenters. The molecule has 3 aliphatic rings. The van der Waals surface area contributed by atoms with Crippen LogP contribution in [0.25, 0.3) is 21.8 Å². The summed E-state index contributed by atoms with van der Waals surface area (Å²) in [4.78, 5) is 36.9. The number of carbonyl (C=O) groups excluding carboxylic acids is 1. The van der Waals surface area contributed by atoms with Crippen molar-refractivity contribution in [1.29, 1.82) is 0 Å². The molecule has 3 aliphatic heterocycles. The molecule has 5 heterocycles. The Hall–Kier alpha value is -2.75. The molecule has 2 aromatic heterocycles. The van der Waals surface area contributed by atoms with Gasteiger partial charge in [-0.25, -0.2) is 0 Å². The van der Waals surface area contributed by atoms with Crippen molar-refractivity contribution in [2.75, 3.05) is 66.1 Å². The normalized spacial score (nSPS) is 21.9. The van der Waals surface area contributed by atoms with Crippen LogP contribution in [0, 0.1) is 12.8 Å². The molecule has 9 nitrogen and oxygen atoms in total. The van der Waals surface area contributed by atoms with Gasteiger partial charge in [0.1, 0.15) is 0 Å². The van der Waals surface area contributed by atoms with Crippen LogP contribution in [0.15, 0.2) is 23.1 Å². The Labute approximate surface area is 243 Å². The van der Waals surface area contributed by atoms with Gasteiger partial charge in [0.05, 0.1) is 28.7 Å². The number of fused-ring (bicyclic) bond motifs is 3. The lowest BCUT2D eigenvalue weighted by molar-refractivity contribution is 0.0675. The standard InChI is InChI=1S/C30H42N6O3.C2H6/c1-21-17-27-25(28-26(29(37)32-27)19-31-36(28)23-7-15-39-16-8-23)18-24(21)30(38)35-11-4-10-34(13-14-35)20-22-5-3-9-33(2)12-6-22;1-2/h17-19,22-23H,3-16,20H2,1-2H3,(H,32,37);1-2H3. The van der Waals surface area contributed by atoms with Gasteiger partial charge in [-0.15, -0.1) is 0 Å². The molecule has 0 saturated carbocycles. The third-order valence-electron chi connectivity index (χ3n) is 9.14. The quantitative estimate of drug-likeness (QED) is 0.504. The van der Waals surface area contributed by atoms with Crippen molar-refractivity contribution in [3.63, 3.8) is 0 Å². The Morgan fingerprint density at radius 2 is 1.78 bits per heavy atom. The number of benzene rings is 1. The summed E-state index contributed by atoms with van der Waals surface area (Å²) in [6.07, 6.45) is 8.26. The van der Waals surface area contributed by atoms with Gasteiger partial charge in [0.15, 0.2) is 0 Å². The van der Waals surface area contributed by atoms with E-state index in [1.165, 1.54) is 32.4 Å². The molecule has 1 amide bonds. The second kappa shape index (κ2) is 13.5. The third-order valence-corrected chi connectivity index (χ3v) is 9.14. The molecule has 3 saturated heterocycles. The van der Waals surface area contributed by atoms with E-state index < -0.39 is 0 Å². The molecule has 0 bridgehead atoms. The number of nitrogens with one attached hydrogen (secondary N) is 1. The first kappa shape index (κ1) is 29.7. The Balaban J connectivity index is 0.00000165. The van der Waals surface area contributed by atoms with Crippen LogP contribution in [0.1, 0.15) is 74.3 Å². The average Bonchev–Trinajstić information content (AvgIpc) is 3.16. The van der Waals surface area contributed by atoms with Crippen LogP contribution >= 0.6 is 0 Å². The topological polar surface area (TPSA) is 86.7 Å². The second-order valence-corrected chi connectivity index (χ2v) is 11.9. The molecule has 0 spiro atoms. The van der Waals surface area contributed by atoms with Crippen LogP contribution in [-0.4, -0.2) is 101 Å². The molecule has 0 aliphatic carbocycles. The summed E-state index contributed by atoms with van der Waals surface area (Å²) in [5.74, 6) is 0.842. The highest BCUT2D eigenvalue weighted by Crippen LogP contribution is 2.30. The number of hydrogen-bond donors (Lipinski definition) is 1. The zero-order valence-corrected chi connectivity index (χ0v) is 25.5. The van der Waals surface area contributed by atoms with Crippen molar-refractivity contribution in [2.45, 2.75) is 65.3 Å². The number of aryl methyl sites for hydroxylation is 1. The van der Waals surface area contributed by atoms with Crippen LogP contribution < -0.4 is 5.56 Å². The van der Waals surface area contributed by atoms with E-state index in [0.717, 1.165) is 85.5 Å². The first-order chi connectivity index (χ1) is 20.0. The number of pyridine rings is 1. The van der Waals surface area contributed by atoms with Crippen LogP contribution in [0.5, 0.6) is 0 Å². The summed E-state index contributed by atoms with van der Waals surface area (Å²) in [6.45, 7) is 14.4. The van der Waals surface area contributed by atoms with E-state index in [4.69, 9.17) is 4.74 Å². The van der Waals surface area contributed by atoms with E-state index in [1.54, 1.807) is 6.20 Å². The maximum absolute atomic E-state index is 13.9. The fourth-order valence-corrected chi connectivity index (χ4v) is 6.81. The third kappa shape index (κ3) is 6.52. The monoisotopic (exact) mass is 564 g/mol. The van der Waals surface area contributed by atoms with Crippen molar-refractivity contribution in [3.05, 3.63) is 39.8 Å². The van der Waals surface area contributed by atoms with Crippen molar-refractivity contribution in [1.82, 2.24) is 29.5 Å². The minimum atomic E-state index is -0.137. The number of H-pyrrole nitrogens is 1. The summed E-state index contributed by atoms with van der Waals surface area (Å²) >= 11 is 0. The molecule has 3 aromatic rings. The number of hydrogen-bond acceptors (Lipinski definition) is 6. The minimum absolute atomic E-state index is 0.0869. The van der Waals surface area contributed by atoms with Gasteiger partial charge in [0.25, 0.3) is 11.5 Å². The van der Waals surface area contributed by atoms with Crippen LogP contribution in [0.4, 0.5) is 0 Å². The predicted molar refractivity (Wildman–Crippen MR) is 165 cm³/mol. The van der Waals surface area contributed by atoms with E-state index in [1.807, 2.05) is 42.5 Å². The summed E-state index contributed by atoms with van der Waals surface area (Å²) < 4.78 is 7.55. The van der Waals surface area contributed by atoms with Crippen LogP contribution in [-0.2, 0) is 4.74 Å². The molecule has 41 heavy (non-hydrogen) atoms. The largest absolute Gasteiger partial charge is 0.381 e. The van der Waals surface area contributed by atoms with Gasteiger partial charge in [-0.2, -0.15) is 5.10 Å². The molecule has 0 radical (unpaired) electrons. The van der Waals surface area contributed by atoms with E-state index in [0.29, 0.717) is 18.6 Å². The second-order valence-electron chi connectivity index (χ2n) is 11.9. The Bertz CT molecular complexity index is 1390. The molecule has 1 aromatic carbocycles. The number of amides is 1. The summed E-state index contributed by atoms with van der Waals surface area (Å²) in [7, 11) is 2.23. The maximum Gasteiger partial charge on any atom is 0.259 e. The SMILES string of the molecule is CC.Cc1cc2[nH]c(=O)c3cnn(C4CCOCC4)c3c2cc1C(=O)N1CCCN(CC2CCCN(C)CC2)CC1. The van der Waals surface area contributed by atoms with E-state index >= 15 is 0 Å². The number of likely N-dealkylation sites (tertiary alicyclic amines) is 1. The maximum atomic E-state index is 13.9. The lowest BCUT2D eigenvalue weighted by Crippen LogP contribution is -2.37. The summed E-state index contributed by atoms with van der Waals surface area (Å²) in [5.41, 5.74) is 3.05. The highest BCUT2D eigenvalue weighted by atomic mass is 16.5. The molecule has 224 valence electrons. The number of ether oxygens (including phenoxy) is 1. The fraction of sp³-hybridized carbons (Fsp3) is 0.656. The van der Waals surface area contributed by atoms with Gasteiger partial charge < -0.3 is 24.4 Å². The van der Waals surface area contributed by atoms with Crippen molar-refractivity contribution < 1.29 is 9.53 Å². The number of aromatic amines is 1. The van der Waals surface area contributed by atoms with Crippen molar-refractivity contribution in [3.8, 4) is 0 Å². The highest BCUT2D eigenvalue weighted by Gasteiger charge is 2.26. The number of aromatic nitrogens is 3. The predicted octanol–water partition coefficient (Wildman–Crippen LogP) is 4.44. The van der Waals surface area contributed by atoms with Gasteiger partial charge in [-0.1, -0.05) is 13.8 Å². The van der Waals surface area contributed by atoms with Crippen LogP contribution in [0.2, 0.25) is 0 Å². The fourth-order valence-electron chi connectivity index (χ4n) is 6.81. The Morgan fingerprint density at radius 1 is 0.976 bits per heavy atom. The zero-order chi connectivity index (χ0) is 28.9. The molecule has 3 fully saturated rings.